The number of fused-ring (bicyclic) bond motifs is 1. The van der Waals surface area contributed by atoms with Crippen LogP contribution in [0.25, 0.3) is 5.70 Å². The number of thiazole rings is 1. The van der Waals surface area contributed by atoms with Gasteiger partial charge in [-0.05, 0) is 25.1 Å². The van der Waals surface area contributed by atoms with Gasteiger partial charge in [0.2, 0.25) is 5.91 Å². The van der Waals surface area contributed by atoms with E-state index in [-0.39, 0.29) is 5.91 Å². The molecule has 1 aromatic heterocycles. The van der Waals surface area contributed by atoms with E-state index in [1.807, 2.05) is 30.5 Å². The molecule has 0 unspecified atom stereocenters. The predicted octanol–water partition coefficient (Wildman–Crippen LogP) is 1.20. The number of nitrogens with zero attached hydrogens (tertiary/aromatic N) is 2. The van der Waals surface area contributed by atoms with E-state index in [2.05, 4.69) is 15.3 Å². The van der Waals surface area contributed by atoms with Crippen molar-refractivity contribution in [3.8, 4) is 0 Å². The standard InChI is InChI=1S/C13H11N3OS/c1-7-6-18-13(14-7)12-10-5-9(15-8(2)17)3-4-11(10)16-12/h3-6H,1-2H3,(H,15,17). The second-order valence-electron chi connectivity index (χ2n) is 4.17. The largest absolute Gasteiger partial charge is 0.326 e. The maximum atomic E-state index is 11.0. The van der Waals surface area contributed by atoms with Gasteiger partial charge < -0.3 is 5.32 Å². The molecular formula is C13H11N3OS. The molecule has 1 aliphatic heterocycles. The van der Waals surface area contributed by atoms with Crippen molar-refractivity contribution in [3.63, 3.8) is 0 Å². The molecule has 4 nitrogen and oxygen atoms in total. The molecule has 1 aromatic carbocycles. The molecule has 3 rings (SSSR count). The topological polar surface area (TPSA) is 54.4 Å². The molecule has 18 heavy (non-hydrogen) atoms. The van der Waals surface area contributed by atoms with Crippen LogP contribution in [0.5, 0.6) is 0 Å². The van der Waals surface area contributed by atoms with Crippen molar-refractivity contribution in [2.75, 3.05) is 5.32 Å². The van der Waals surface area contributed by atoms with Gasteiger partial charge in [-0.15, -0.1) is 11.3 Å². The highest BCUT2D eigenvalue weighted by Gasteiger charge is 2.14. The molecule has 0 spiro atoms. The van der Waals surface area contributed by atoms with E-state index in [1.165, 1.54) is 6.92 Å². The Bertz CT molecular complexity index is 761. The zero-order valence-electron chi connectivity index (χ0n) is 10.0. The van der Waals surface area contributed by atoms with Crippen LogP contribution in [0.3, 0.4) is 0 Å². The van der Waals surface area contributed by atoms with Crippen LogP contribution < -0.4 is 15.9 Å². The number of hydrogen-bond acceptors (Lipinski definition) is 4. The molecule has 90 valence electrons. The summed E-state index contributed by atoms with van der Waals surface area (Å²) in [6.07, 6.45) is 0. The summed E-state index contributed by atoms with van der Waals surface area (Å²) in [5.41, 5.74) is 2.71. The van der Waals surface area contributed by atoms with Crippen molar-refractivity contribution in [1.82, 2.24) is 4.98 Å². The lowest BCUT2D eigenvalue weighted by Crippen LogP contribution is -2.35. The lowest BCUT2D eigenvalue weighted by Gasteiger charge is -2.09. The lowest BCUT2D eigenvalue weighted by atomic mass is 10.1. The van der Waals surface area contributed by atoms with Crippen molar-refractivity contribution in [2.45, 2.75) is 13.8 Å². The number of nitrogens with one attached hydrogen (secondary N) is 1. The molecule has 0 fully saturated rings. The number of benzene rings is 1. The Hall–Kier alpha value is -2.01. The second kappa shape index (κ2) is 4.03. The molecule has 0 bridgehead atoms. The number of carbonyl (C=O) groups excluding carboxylic acids is 1. The van der Waals surface area contributed by atoms with Crippen LogP contribution in [0, 0.1) is 6.92 Å². The van der Waals surface area contributed by atoms with Crippen LogP contribution in [-0.4, -0.2) is 10.9 Å². The summed E-state index contributed by atoms with van der Waals surface area (Å²) < 4.78 is 0. The van der Waals surface area contributed by atoms with Crippen molar-refractivity contribution >= 4 is 28.6 Å². The molecule has 5 heteroatoms. The summed E-state index contributed by atoms with van der Waals surface area (Å²) in [4.78, 5) is 19.9. The van der Waals surface area contributed by atoms with Gasteiger partial charge >= 0.3 is 0 Å². The molecule has 1 aliphatic rings. The summed E-state index contributed by atoms with van der Waals surface area (Å²) in [5.74, 6) is -0.0714. The number of aromatic nitrogens is 1. The van der Waals surface area contributed by atoms with Crippen molar-refractivity contribution in [2.24, 2.45) is 4.99 Å². The molecular weight excluding hydrogens is 246 g/mol. The quantitative estimate of drug-likeness (QED) is 0.879. The summed E-state index contributed by atoms with van der Waals surface area (Å²) >= 11 is 1.59. The van der Waals surface area contributed by atoms with E-state index in [0.29, 0.717) is 0 Å². The molecule has 0 aliphatic carbocycles. The van der Waals surface area contributed by atoms with Crippen molar-refractivity contribution in [3.05, 3.63) is 44.9 Å². The number of amides is 1. The first-order valence-electron chi connectivity index (χ1n) is 5.57. The predicted molar refractivity (Wildman–Crippen MR) is 70.9 cm³/mol. The summed E-state index contributed by atoms with van der Waals surface area (Å²) in [7, 11) is 0. The highest BCUT2D eigenvalue weighted by Crippen LogP contribution is 2.19. The third kappa shape index (κ3) is 1.82. The molecule has 2 heterocycles. The fourth-order valence-electron chi connectivity index (χ4n) is 1.86. The van der Waals surface area contributed by atoms with Crippen LogP contribution in [0.1, 0.15) is 17.6 Å². The summed E-state index contributed by atoms with van der Waals surface area (Å²) in [6, 6.07) is 5.70. The average Bonchev–Trinajstić information content (AvgIpc) is 2.68. The minimum Gasteiger partial charge on any atom is -0.326 e. The smallest absolute Gasteiger partial charge is 0.221 e. The average molecular weight is 257 g/mol. The number of hydrogen-bond donors (Lipinski definition) is 1. The second-order valence-corrected chi connectivity index (χ2v) is 5.03. The van der Waals surface area contributed by atoms with Gasteiger partial charge in [0.1, 0.15) is 10.7 Å². The first kappa shape index (κ1) is 11.1. The van der Waals surface area contributed by atoms with Crippen LogP contribution in [0.4, 0.5) is 5.69 Å². The van der Waals surface area contributed by atoms with Gasteiger partial charge in [-0.25, -0.2) is 9.98 Å². The fourth-order valence-corrected chi connectivity index (χ4v) is 2.66. The van der Waals surface area contributed by atoms with E-state index in [0.717, 1.165) is 32.7 Å². The number of anilines is 1. The van der Waals surface area contributed by atoms with E-state index in [9.17, 15) is 4.79 Å². The van der Waals surface area contributed by atoms with E-state index >= 15 is 0 Å². The fraction of sp³-hybridized carbons (Fsp3) is 0.154. The van der Waals surface area contributed by atoms with Gasteiger partial charge in [0.15, 0.2) is 0 Å². The molecule has 0 saturated heterocycles. The zero-order chi connectivity index (χ0) is 12.7. The molecule has 1 amide bonds. The van der Waals surface area contributed by atoms with Gasteiger partial charge in [0, 0.05) is 28.9 Å². The van der Waals surface area contributed by atoms with Gasteiger partial charge in [0.25, 0.3) is 0 Å². The third-order valence-corrected chi connectivity index (χ3v) is 3.59. The molecule has 1 N–H and O–H groups in total. The number of aryl methyl sites for hydroxylation is 1. The molecule has 2 aromatic rings. The zero-order valence-corrected chi connectivity index (χ0v) is 10.8. The maximum absolute atomic E-state index is 11.0. The first-order chi connectivity index (χ1) is 8.63. The maximum Gasteiger partial charge on any atom is 0.221 e. The minimum atomic E-state index is -0.0714. The lowest BCUT2D eigenvalue weighted by molar-refractivity contribution is -0.114. The van der Waals surface area contributed by atoms with Crippen molar-refractivity contribution in [1.29, 1.82) is 0 Å². The Kier molecular flexibility index (Phi) is 2.48. The highest BCUT2D eigenvalue weighted by atomic mass is 32.1. The van der Waals surface area contributed by atoms with E-state index in [1.54, 1.807) is 11.3 Å². The minimum absolute atomic E-state index is 0.0714. The van der Waals surface area contributed by atoms with Crippen LogP contribution in [0.2, 0.25) is 0 Å². The number of carbonyl (C=O) groups is 1. The Morgan fingerprint density at radius 1 is 1.39 bits per heavy atom. The SMILES string of the molecule is CC(=O)Nc1ccc2c(c1)=C(c1nc(C)cs1)N=2. The van der Waals surface area contributed by atoms with Gasteiger partial charge in [0.05, 0.1) is 5.36 Å². The van der Waals surface area contributed by atoms with Crippen molar-refractivity contribution < 1.29 is 4.79 Å². The van der Waals surface area contributed by atoms with Gasteiger partial charge in [-0.1, -0.05) is 0 Å². The molecule has 0 saturated carbocycles. The Morgan fingerprint density at radius 2 is 2.22 bits per heavy atom. The molecule has 0 atom stereocenters. The first-order valence-corrected chi connectivity index (χ1v) is 6.44. The van der Waals surface area contributed by atoms with Gasteiger partial charge in [-0.3, -0.25) is 4.79 Å². The van der Waals surface area contributed by atoms with Gasteiger partial charge in [-0.2, -0.15) is 0 Å². The third-order valence-electron chi connectivity index (χ3n) is 2.63. The van der Waals surface area contributed by atoms with Crippen LogP contribution >= 0.6 is 11.3 Å². The monoisotopic (exact) mass is 257 g/mol. The normalized spacial score (nSPS) is 12.4. The number of rotatable bonds is 2. The highest BCUT2D eigenvalue weighted by molar-refractivity contribution is 7.10. The van der Waals surface area contributed by atoms with E-state index in [4.69, 9.17) is 0 Å². The van der Waals surface area contributed by atoms with E-state index < -0.39 is 0 Å². The molecule has 0 radical (unpaired) electrons. The Balaban J connectivity index is 2.08. The Morgan fingerprint density at radius 3 is 2.89 bits per heavy atom. The summed E-state index contributed by atoms with van der Waals surface area (Å²) in [5, 5.41) is 7.71. The van der Waals surface area contributed by atoms with Crippen LogP contribution in [-0.2, 0) is 4.79 Å². The van der Waals surface area contributed by atoms with Crippen LogP contribution in [0.15, 0.2) is 28.6 Å². The summed E-state index contributed by atoms with van der Waals surface area (Å²) in [6.45, 7) is 3.46. The Labute approximate surface area is 108 Å².